The van der Waals surface area contributed by atoms with Crippen molar-refractivity contribution in [1.82, 2.24) is 5.32 Å². The zero-order valence-electron chi connectivity index (χ0n) is 16.6. The van der Waals surface area contributed by atoms with E-state index in [1.54, 1.807) is 42.5 Å². The van der Waals surface area contributed by atoms with Crippen LogP contribution in [0.5, 0.6) is 0 Å². The van der Waals surface area contributed by atoms with E-state index in [9.17, 15) is 14.4 Å². The number of amides is 2. The second-order valence-corrected chi connectivity index (χ2v) is 7.77. The molecule has 2 amide bonds. The van der Waals surface area contributed by atoms with Gasteiger partial charge in [0.05, 0.1) is 11.3 Å². The molecule has 2 aromatic carbocycles. The highest BCUT2D eigenvalue weighted by molar-refractivity contribution is 7.80. The predicted octanol–water partition coefficient (Wildman–Crippen LogP) is 4.44. The number of carboxylic acids is 1. The number of carbonyl (C=O) groups excluding carboxylic acids is 2. The Balaban J connectivity index is 1.65. The number of hydrogen-bond donors (Lipinski definition) is 2. The first-order chi connectivity index (χ1) is 15.2. The van der Waals surface area contributed by atoms with E-state index >= 15 is 0 Å². The van der Waals surface area contributed by atoms with E-state index < -0.39 is 17.8 Å². The van der Waals surface area contributed by atoms with Gasteiger partial charge >= 0.3 is 5.97 Å². The van der Waals surface area contributed by atoms with Crippen molar-refractivity contribution in [2.75, 3.05) is 4.90 Å². The molecule has 3 aromatic rings. The molecule has 2 N–H and O–H groups in total. The largest absolute Gasteiger partial charge is 0.478 e. The van der Waals surface area contributed by atoms with Gasteiger partial charge in [-0.25, -0.2) is 4.79 Å². The standard InChI is InChI=1S/C23H15ClN2O5S/c1-12-2-7-15(10-18(12)24)26-21(28)17(20(27)25-23(26)32)11-16-8-9-19(31-16)13-3-5-14(6-4-13)22(29)30/h2-11H,1H3,(H,29,30)(H,25,27,32)/b17-11+. The Bertz CT molecular complexity index is 1310. The third kappa shape index (κ3) is 4.05. The molecule has 1 fully saturated rings. The van der Waals surface area contributed by atoms with Crippen LogP contribution in [0.25, 0.3) is 17.4 Å². The topological polar surface area (TPSA) is 99.8 Å². The smallest absolute Gasteiger partial charge is 0.335 e. The Labute approximate surface area is 192 Å². The van der Waals surface area contributed by atoms with Crippen LogP contribution in [-0.4, -0.2) is 28.0 Å². The molecule has 2 heterocycles. The number of nitrogens with one attached hydrogen (secondary N) is 1. The average Bonchev–Trinajstić information content (AvgIpc) is 3.22. The van der Waals surface area contributed by atoms with Crippen molar-refractivity contribution in [3.63, 3.8) is 0 Å². The van der Waals surface area contributed by atoms with Crippen LogP contribution in [0, 0.1) is 6.92 Å². The Kier molecular flexibility index (Phi) is 5.65. The van der Waals surface area contributed by atoms with Crippen molar-refractivity contribution in [2.45, 2.75) is 6.92 Å². The molecular formula is C23H15ClN2O5S. The van der Waals surface area contributed by atoms with Crippen LogP contribution in [-0.2, 0) is 9.59 Å². The highest BCUT2D eigenvalue weighted by atomic mass is 35.5. The Morgan fingerprint density at radius 1 is 1.12 bits per heavy atom. The normalized spacial score (nSPS) is 15.2. The van der Waals surface area contributed by atoms with Gasteiger partial charge in [-0.2, -0.15) is 0 Å². The van der Waals surface area contributed by atoms with Gasteiger partial charge in [-0.3, -0.25) is 19.8 Å². The molecule has 1 aliphatic rings. The molecule has 0 bridgehead atoms. The zero-order valence-corrected chi connectivity index (χ0v) is 18.2. The van der Waals surface area contributed by atoms with Crippen molar-refractivity contribution in [2.24, 2.45) is 0 Å². The van der Waals surface area contributed by atoms with Gasteiger partial charge in [-0.15, -0.1) is 0 Å². The van der Waals surface area contributed by atoms with Crippen LogP contribution in [0.15, 0.2) is 64.6 Å². The van der Waals surface area contributed by atoms with E-state index in [1.165, 1.54) is 23.1 Å². The lowest BCUT2D eigenvalue weighted by atomic mass is 10.1. The number of carbonyl (C=O) groups is 3. The molecule has 0 atom stereocenters. The molecule has 4 rings (SSSR count). The van der Waals surface area contributed by atoms with E-state index in [1.807, 2.05) is 6.92 Å². The number of aromatic carboxylic acids is 1. The van der Waals surface area contributed by atoms with Crippen LogP contribution < -0.4 is 10.2 Å². The number of nitrogens with zero attached hydrogens (tertiary/aromatic N) is 1. The van der Waals surface area contributed by atoms with Gasteiger partial charge in [0.15, 0.2) is 5.11 Å². The Morgan fingerprint density at radius 2 is 1.84 bits per heavy atom. The van der Waals surface area contributed by atoms with Crippen molar-refractivity contribution >= 4 is 58.5 Å². The number of aryl methyl sites for hydroxylation is 1. The van der Waals surface area contributed by atoms with Crippen LogP contribution in [0.1, 0.15) is 21.7 Å². The maximum Gasteiger partial charge on any atom is 0.335 e. The number of carboxylic acid groups (broad SMARTS) is 1. The molecule has 0 saturated carbocycles. The lowest BCUT2D eigenvalue weighted by molar-refractivity contribution is -0.122. The lowest BCUT2D eigenvalue weighted by Gasteiger charge is -2.29. The highest BCUT2D eigenvalue weighted by Gasteiger charge is 2.35. The van der Waals surface area contributed by atoms with Gasteiger partial charge in [0.1, 0.15) is 17.1 Å². The number of halogens is 1. The summed E-state index contributed by atoms with van der Waals surface area (Å²) in [6.07, 6.45) is 1.33. The molecule has 7 nitrogen and oxygen atoms in total. The van der Waals surface area contributed by atoms with E-state index in [2.05, 4.69) is 5.32 Å². The Hall–Kier alpha value is -3.75. The van der Waals surface area contributed by atoms with Crippen molar-refractivity contribution < 1.29 is 23.9 Å². The Morgan fingerprint density at radius 3 is 2.50 bits per heavy atom. The van der Waals surface area contributed by atoms with E-state index in [0.29, 0.717) is 22.0 Å². The lowest BCUT2D eigenvalue weighted by Crippen LogP contribution is -2.54. The third-order valence-corrected chi connectivity index (χ3v) is 5.54. The summed E-state index contributed by atoms with van der Waals surface area (Å²) in [4.78, 5) is 37.8. The highest BCUT2D eigenvalue weighted by Crippen LogP contribution is 2.28. The van der Waals surface area contributed by atoms with E-state index in [-0.39, 0.29) is 22.0 Å². The number of furan rings is 1. The minimum atomic E-state index is -1.03. The summed E-state index contributed by atoms with van der Waals surface area (Å²) >= 11 is 11.4. The summed E-state index contributed by atoms with van der Waals surface area (Å²) in [6.45, 7) is 1.83. The van der Waals surface area contributed by atoms with Crippen molar-refractivity contribution in [1.29, 1.82) is 0 Å². The quantitative estimate of drug-likeness (QED) is 0.335. The summed E-state index contributed by atoms with van der Waals surface area (Å²) in [5.74, 6) is -1.55. The molecule has 9 heteroatoms. The molecular weight excluding hydrogens is 452 g/mol. The summed E-state index contributed by atoms with van der Waals surface area (Å²) < 4.78 is 5.74. The number of thiocarbonyl (C=S) groups is 1. The maximum atomic E-state index is 13.1. The van der Waals surface area contributed by atoms with Gasteiger partial charge in [0.25, 0.3) is 11.8 Å². The summed E-state index contributed by atoms with van der Waals surface area (Å²) in [5.41, 5.74) is 1.92. The molecule has 0 aliphatic carbocycles. The number of benzene rings is 2. The first-order valence-corrected chi connectivity index (χ1v) is 10.1. The van der Waals surface area contributed by atoms with Gasteiger partial charge in [-0.05, 0) is 67.2 Å². The summed E-state index contributed by atoms with van der Waals surface area (Å²) in [5, 5.41) is 11.9. The van der Waals surface area contributed by atoms with Gasteiger partial charge in [-0.1, -0.05) is 29.8 Å². The molecule has 32 heavy (non-hydrogen) atoms. The van der Waals surface area contributed by atoms with E-state index in [0.717, 1.165) is 5.56 Å². The first kappa shape index (κ1) is 21.5. The molecule has 1 aromatic heterocycles. The van der Waals surface area contributed by atoms with Crippen LogP contribution in [0.2, 0.25) is 5.02 Å². The van der Waals surface area contributed by atoms with Gasteiger partial charge < -0.3 is 9.52 Å². The van der Waals surface area contributed by atoms with Crippen LogP contribution in [0.3, 0.4) is 0 Å². The van der Waals surface area contributed by atoms with Gasteiger partial charge in [0.2, 0.25) is 0 Å². The fourth-order valence-corrected chi connectivity index (χ4v) is 3.57. The van der Waals surface area contributed by atoms with Crippen molar-refractivity contribution in [3.8, 4) is 11.3 Å². The monoisotopic (exact) mass is 466 g/mol. The fraction of sp³-hybridized carbons (Fsp3) is 0.0435. The molecule has 1 saturated heterocycles. The second-order valence-electron chi connectivity index (χ2n) is 6.98. The second kappa shape index (κ2) is 8.41. The number of hydrogen-bond acceptors (Lipinski definition) is 5. The average molecular weight is 467 g/mol. The summed E-state index contributed by atoms with van der Waals surface area (Å²) in [7, 11) is 0. The summed E-state index contributed by atoms with van der Waals surface area (Å²) in [6, 6.07) is 14.4. The minimum absolute atomic E-state index is 0.0456. The number of rotatable bonds is 4. The predicted molar refractivity (Wildman–Crippen MR) is 123 cm³/mol. The van der Waals surface area contributed by atoms with Crippen molar-refractivity contribution in [3.05, 3.63) is 82.1 Å². The molecule has 0 unspecified atom stereocenters. The van der Waals surface area contributed by atoms with Gasteiger partial charge in [0, 0.05) is 10.6 Å². The van der Waals surface area contributed by atoms with Crippen LogP contribution in [0.4, 0.5) is 5.69 Å². The molecule has 0 spiro atoms. The SMILES string of the molecule is Cc1ccc(N2C(=O)/C(=C/c3ccc(-c4ccc(C(=O)O)cc4)o3)C(=O)NC2=S)cc1Cl. The fourth-order valence-electron chi connectivity index (χ4n) is 3.12. The third-order valence-electron chi connectivity index (χ3n) is 4.85. The molecule has 0 radical (unpaired) electrons. The minimum Gasteiger partial charge on any atom is -0.478 e. The van der Waals surface area contributed by atoms with Crippen LogP contribution >= 0.6 is 23.8 Å². The molecule has 1 aliphatic heterocycles. The first-order valence-electron chi connectivity index (χ1n) is 9.36. The maximum absolute atomic E-state index is 13.1. The zero-order chi connectivity index (χ0) is 23.0. The number of anilines is 1. The molecule has 160 valence electrons. The van der Waals surface area contributed by atoms with E-state index in [4.69, 9.17) is 33.3 Å².